The number of nitrogens with two attached hydrogens (primary N) is 1. The third-order valence-electron chi connectivity index (χ3n) is 5.94. The number of H-pyrrole nitrogens is 1. The summed E-state index contributed by atoms with van der Waals surface area (Å²) in [7, 11) is 0. The average molecular weight is 490 g/mol. The number of nitrogens with zero attached hydrogens (tertiary/aromatic N) is 1. The molecule has 1 fully saturated rings. The third-order valence-corrected chi connectivity index (χ3v) is 6.59. The van der Waals surface area contributed by atoms with Gasteiger partial charge in [-0.3, -0.25) is 14.4 Å². The van der Waals surface area contributed by atoms with Crippen LogP contribution in [-0.2, 0) is 25.6 Å². The third kappa shape index (κ3) is 6.29. The van der Waals surface area contributed by atoms with Crippen LogP contribution in [0.4, 0.5) is 0 Å². The fourth-order valence-electron chi connectivity index (χ4n) is 4.14. The highest BCUT2D eigenvalue weighted by molar-refractivity contribution is 7.98. The van der Waals surface area contributed by atoms with E-state index in [4.69, 9.17) is 5.73 Å². The first-order valence-electron chi connectivity index (χ1n) is 11.2. The Morgan fingerprint density at radius 2 is 2.06 bits per heavy atom. The van der Waals surface area contributed by atoms with E-state index in [1.807, 2.05) is 30.5 Å². The molecule has 2 aromatic rings. The van der Waals surface area contributed by atoms with Crippen LogP contribution in [-0.4, -0.2) is 81.9 Å². The summed E-state index contributed by atoms with van der Waals surface area (Å²) in [5.74, 6) is -1.74. The van der Waals surface area contributed by atoms with Crippen LogP contribution >= 0.6 is 11.8 Å². The zero-order chi connectivity index (χ0) is 24.7. The summed E-state index contributed by atoms with van der Waals surface area (Å²) in [6.45, 7) is 0.0648. The number of carbonyl (C=O) groups excluding carboxylic acids is 3. The molecule has 3 rings (SSSR count). The van der Waals surface area contributed by atoms with E-state index < -0.39 is 35.9 Å². The summed E-state index contributed by atoms with van der Waals surface area (Å²) in [6, 6.07) is 5.00. The molecule has 3 unspecified atom stereocenters. The molecule has 1 aliphatic rings. The molecule has 0 aliphatic carbocycles. The first-order valence-corrected chi connectivity index (χ1v) is 12.6. The van der Waals surface area contributed by atoms with Crippen LogP contribution in [0.2, 0.25) is 0 Å². The van der Waals surface area contributed by atoms with Gasteiger partial charge in [0.1, 0.15) is 12.1 Å². The average Bonchev–Trinajstić information content (AvgIpc) is 3.47. The van der Waals surface area contributed by atoms with E-state index in [1.165, 1.54) is 4.90 Å². The number of hydrogen-bond acceptors (Lipinski definition) is 6. The lowest BCUT2D eigenvalue weighted by Crippen LogP contribution is -2.53. The van der Waals surface area contributed by atoms with Gasteiger partial charge in [-0.1, -0.05) is 18.2 Å². The predicted octanol–water partition coefficient (Wildman–Crippen LogP) is 0.467. The number of aromatic amines is 1. The summed E-state index contributed by atoms with van der Waals surface area (Å²) in [4.78, 5) is 54.0. The van der Waals surface area contributed by atoms with Crippen molar-refractivity contribution in [1.29, 1.82) is 0 Å². The van der Waals surface area contributed by atoms with Crippen molar-refractivity contribution in [3.05, 3.63) is 36.0 Å². The zero-order valence-corrected chi connectivity index (χ0v) is 19.9. The van der Waals surface area contributed by atoms with Crippen LogP contribution in [0.3, 0.4) is 0 Å². The number of aromatic nitrogens is 1. The van der Waals surface area contributed by atoms with Crippen molar-refractivity contribution in [3.63, 3.8) is 0 Å². The summed E-state index contributed by atoms with van der Waals surface area (Å²) in [6.07, 6.45) is 5.45. The first-order chi connectivity index (χ1) is 16.3. The van der Waals surface area contributed by atoms with Crippen molar-refractivity contribution in [2.75, 3.05) is 25.1 Å². The van der Waals surface area contributed by atoms with Gasteiger partial charge in [0.15, 0.2) is 0 Å². The minimum atomic E-state index is -1.17. The van der Waals surface area contributed by atoms with E-state index in [2.05, 4.69) is 15.6 Å². The molecule has 1 aliphatic heterocycles. The number of thioether (sulfide) groups is 1. The number of likely N-dealkylation sites (tertiary alicyclic amines) is 1. The molecule has 1 aromatic carbocycles. The van der Waals surface area contributed by atoms with E-state index in [9.17, 15) is 24.3 Å². The monoisotopic (exact) mass is 489 g/mol. The number of nitrogens with one attached hydrogen (secondary N) is 3. The van der Waals surface area contributed by atoms with Crippen molar-refractivity contribution >= 4 is 46.4 Å². The van der Waals surface area contributed by atoms with Crippen LogP contribution in [0, 0.1) is 0 Å². The Labute approximate surface area is 202 Å². The molecule has 2 heterocycles. The highest BCUT2D eigenvalue weighted by Crippen LogP contribution is 2.20. The Balaban J connectivity index is 1.53. The Morgan fingerprint density at radius 3 is 2.79 bits per heavy atom. The number of aliphatic carboxylic acids is 1. The van der Waals surface area contributed by atoms with Crippen molar-refractivity contribution in [2.45, 2.75) is 43.8 Å². The maximum Gasteiger partial charge on any atom is 0.326 e. The summed E-state index contributed by atoms with van der Waals surface area (Å²) in [5, 5.41) is 15.5. The van der Waals surface area contributed by atoms with Crippen LogP contribution in [0.5, 0.6) is 0 Å². The van der Waals surface area contributed by atoms with Gasteiger partial charge < -0.3 is 31.4 Å². The number of carboxylic acid groups (broad SMARTS) is 1. The largest absolute Gasteiger partial charge is 0.480 e. The Bertz CT molecular complexity index is 1040. The van der Waals surface area contributed by atoms with E-state index in [0.717, 1.165) is 22.2 Å². The highest BCUT2D eigenvalue weighted by atomic mass is 32.2. The van der Waals surface area contributed by atoms with E-state index in [1.54, 1.807) is 18.0 Å². The van der Waals surface area contributed by atoms with Crippen molar-refractivity contribution in [2.24, 2.45) is 5.73 Å². The van der Waals surface area contributed by atoms with Gasteiger partial charge in [0, 0.05) is 30.1 Å². The van der Waals surface area contributed by atoms with Crippen LogP contribution in [0.15, 0.2) is 30.5 Å². The van der Waals surface area contributed by atoms with Crippen LogP contribution in [0.25, 0.3) is 10.9 Å². The van der Waals surface area contributed by atoms with Crippen LogP contribution < -0.4 is 16.4 Å². The maximum absolute atomic E-state index is 12.7. The Morgan fingerprint density at radius 1 is 1.29 bits per heavy atom. The molecule has 10 nitrogen and oxygen atoms in total. The molecular formula is C23H31N5O5S. The van der Waals surface area contributed by atoms with Gasteiger partial charge in [0.2, 0.25) is 17.7 Å². The lowest BCUT2D eigenvalue weighted by atomic mass is 10.0. The summed E-state index contributed by atoms with van der Waals surface area (Å²) in [5.41, 5.74) is 7.63. The molecule has 0 spiro atoms. The number of benzene rings is 1. The van der Waals surface area contributed by atoms with Gasteiger partial charge in [-0.25, -0.2) is 4.79 Å². The quantitative estimate of drug-likeness (QED) is 0.307. The number of hydrogen-bond donors (Lipinski definition) is 5. The molecule has 0 saturated carbocycles. The van der Waals surface area contributed by atoms with E-state index in [-0.39, 0.29) is 18.9 Å². The minimum Gasteiger partial charge on any atom is -0.480 e. The molecule has 11 heteroatoms. The normalized spacial score (nSPS) is 17.4. The van der Waals surface area contributed by atoms with Gasteiger partial charge in [-0.15, -0.1) is 0 Å². The van der Waals surface area contributed by atoms with Crippen molar-refractivity contribution < 1.29 is 24.3 Å². The number of amides is 3. The lowest BCUT2D eigenvalue weighted by molar-refractivity contribution is -0.142. The number of carboxylic acids is 1. The molecule has 1 saturated heterocycles. The van der Waals surface area contributed by atoms with Gasteiger partial charge >= 0.3 is 5.97 Å². The molecule has 0 radical (unpaired) electrons. The van der Waals surface area contributed by atoms with Crippen LogP contribution in [0.1, 0.15) is 24.8 Å². The second-order valence-corrected chi connectivity index (χ2v) is 9.30. The van der Waals surface area contributed by atoms with Gasteiger partial charge in [-0.2, -0.15) is 11.8 Å². The lowest BCUT2D eigenvalue weighted by Gasteiger charge is -2.26. The highest BCUT2D eigenvalue weighted by Gasteiger charge is 2.36. The summed E-state index contributed by atoms with van der Waals surface area (Å²) < 4.78 is 0. The zero-order valence-electron chi connectivity index (χ0n) is 19.1. The Kier molecular flexibility index (Phi) is 8.94. The number of para-hydroxylation sites is 1. The second-order valence-electron chi connectivity index (χ2n) is 8.32. The van der Waals surface area contributed by atoms with Crippen molar-refractivity contribution in [3.8, 4) is 0 Å². The van der Waals surface area contributed by atoms with Gasteiger partial charge in [0.05, 0.1) is 12.6 Å². The topological polar surface area (TPSA) is 158 Å². The molecule has 184 valence electrons. The molecular weight excluding hydrogens is 458 g/mol. The predicted molar refractivity (Wildman–Crippen MR) is 130 cm³/mol. The fraction of sp³-hybridized carbons (Fsp3) is 0.478. The van der Waals surface area contributed by atoms with Gasteiger partial charge in [0.25, 0.3) is 0 Å². The smallest absolute Gasteiger partial charge is 0.326 e. The van der Waals surface area contributed by atoms with E-state index in [0.29, 0.717) is 25.8 Å². The van der Waals surface area contributed by atoms with Crippen molar-refractivity contribution in [1.82, 2.24) is 20.5 Å². The standard InChI is InChI=1S/C23H31N5O5S/c1-34-10-8-16(24)22(31)28-9-4-7-19(28)21(30)26-13-20(29)27-18(23(32)33)11-14-12-25-17-6-3-2-5-15(14)17/h2-3,5-6,12,16,18-19,25H,4,7-11,13,24H2,1H3,(H,26,30)(H,27,29)(H,32,33). The molecule has 3 atom stereocenters. The number of carbonyl (C=O) groups is 4. The molecule has 0 bridgehead atoms. The molecule has 6 N–H and O–H groups in total. The SMILES string of the molecule is CSCCC(N)C(=O)N1CCCC1C(=O)NCC(=O)NC(Cc1c[nH]c2ccccc12)C(=O)O. The minimum absolute atomic E-state index is 0.0951. The summed E-state index contributed by atoms with van der Waals surface area (Å²) >= 11 is 1.60. The maximum atomic E-state index is 12.7. The van der Waals surface area contributed by atoms with Gasteiger partial charge in [-0.05, 0) is 42.9 Å². The first kappa shape index (κ1) is 25.6. The fourth-order valence-corrected chi connectivity index (χ4v) is 4.63. The number of rotatable bonds is 11. The second kappa shape index (κ2) is 11.9. The molecule has 3 amide bonds. The number of fused-ring (bicyclic) bond motifs is 1. The Hall–Kier alpha value is -3.05. The molecule has 1 aromatic heterocycles. The molecule has 34 heavy (non-hydrogen) atoms. The van der Waals surface area contributed by atoms with E-state index >= 15 is 0 Å².